The summed E-state index contributed by atoms with van der Waals surface area (Å²) in [4.78, 5) is 30.9. The number of hydrogen-bond donors (Lipinski definition) is 0. The van der Waals surface area contributed by atoms with Gasteiger partial charge in [-0.25, -0.2) is 0 Å². The van der Waals surface area contributed by atoms with Crippen LogP contribution in [-0.4, -0.2) is 61.1 Å². The van der Waals surface area contributed by atoms with Crippen LogP contribution in [0.3, 0.4) is 0 Å². The lowest BCUT2D eigenvalue weighted by atomic mass is 9.92. The average Bonchev–Trinajstić information content (AvgIpc) is 3.20. The molecule has 3 aromatic rings. The van der Waals surface area contributed by atoms with Crippen molar-refractivity contribution >= 4 is 17.3 Å². The standard InChI is InChI=1S/C18H18N6O3/c25-17(11-27-16-7-6-15-21-20-12-24(15)22-16)23-9-3-4-13(10-23)18(26)14-5-1-2-8-19-14/h1-2,5-8,12-13H,3-4,9-11H2. The lowest BCUT2D eigenvalue weighted by molar-refractivity contribution is -0.134. The first-order valence-electron chi connectivity index (χ1n) is 8.73. The molecule has 3 aromatic heterocycles. The molecule has 0 aliphatic carbocycles. The van der Waals surface area contributed by atoms with Gasteiger partial charge in [0.1, 0.15) is 12.0 Å². The van der Waals surface area contributed by atoms with Crippen LogP contribution in [0, 0.1) is 5.92 Å². The van der Waals surface area contributed by atoms with Crippen LogP contribution in [0.4, 0.5) is 0 Å². The molecule has 0 saturated carbocycles. The van der Waals surface area contributed by atoms with E-state index in [4.69, 9.17) is 4.74 Å². The van der Waals surface area contributed by atoms with Crippen LogP contribution in [-0.2, 0) is 4.79 Å². The first-order chi connectivity index (χ1) is 13.2. The SMILES string of the molecule is O=C(c1ccccn1)C1CCCN(C(=O)COc2ccc3nncn3n2)C1. The van der Waals surface area contributed by atoms with Gasteiger partial charge in [0.05, 0.1) is 0 Å². The Kier molecular flexibility index (Phi) is 4.73. The molecule has 1 unspecified atom stereocenters. The maximum absolute atomic E-state index is 12.6. The molecule has 4 heterocycles. The zero-order valence-corrected chi connectivity index (χ0v) is 14.6. The molecule has 1 amide bonds. The van der Waals surface area contributed by atoms with Crippen LogP contribution in [0.25, 0.3) is 5.65 Å². The van der Waals surface area contributed by atoms with Crippen molar-refractivity contribution in [3.63, 3.8) is 0 Å². The quantitative estimate of drug-likeness (QED) is 0.621. The molecule has 0 N–H and O–H groups in total. The smallest absolute Gasteiger partial charge is 0.260 e. The number of aromatic nitrogens is 5. The summed E-state index contributed by atoms with van der Waals surface area (Å²) in [5, 5.41) is 11.8. The Morgan fingerprint density at radius 1 is 1.22 bits per heavy atom. The maximum Gasteiger partial charge on any atom is 0.260 e. The summed E-state index contributed by atoms with van der Waals surface area (Å²) in [5.41, 5.74) is 1.04. The largest absolute Gasteiger partial charge is 0.467 e. The van der Waals surface area contributed by atoms with Gasteiger partial charge in [0.15, 0.2) is 18.0 Å². The number of amides is 1. The zero-order chi connectivity index (χ0) is 18.6. The third-order valence-electron chi connectivity index (χ3n) is 4.54. The number of pyridine rings is 1. The van der Waals surface area contributed by atoms with E-state index >= 15 is 0 Å². The molecule has 1 aliphatic rings. The number of rotatable bonds is 5. The molecule has 138 valence electrons. The summed E-state index contributed by atoms with van der Waals surface area (Å²) in [6.45, 7) is 0.868. The minimum absolute atomic E-state index is 0.0197. The summed E-state index contributed by atoms with van der Waals surface area (Å²) >= 11 is 0. The molecule has 9 heteroatoms. The van der Waals surface area contributed by atoms with Gasteiger partial charge in [-0.2, -0.15) is 4.52 Å². The Morgan fingerprint density at radius 3 is 3.00 bits per heavy atom. The molecular weight excluding hydrogens is 348 g/mol. The van der Waals surface area contributed by atoms with Crippen molar-refractivity contribution in [2.45, 2.75) is 12.8 Å². The summed E-state index contributed by atoms with van der Waals surface area (Å²) < 4.78 is 6.98. The van der Waals surface area contributed by atoms with Gasteiger partial charge in [-0.15, -0.1) is 15.3 Å². The number of hydrogen-bond acceptors (Lipinski definition) is 7. The number of fused-ring (bicyclic) bond motifs is 1. The maximum atomic E-state index is 12.6. The van der Waals surface area contributed by atoms with Gasteiger partial charge >= 0.3 is 0 Å². The number of carbonyl (C=O) groups excluding carboxylic acids is 2. The van der Waals surface area contributed by atoms with Crippen LogP contribution in [0.15, 0.2) is 42.9 Å². The molecule has 0 bridgehead atoms. The number of ether oxygens (including phenoxy) is 1. The van der Waals surface area contributed by atoms with E-state index in [2.05, 4.69) is 20.3 Å². The van der Waals surface area contributed by atoms with Crippen molar-refractivity contribution in [2.75, 3.05) is 19.7 Å². The minimum atomic E-state index is -0.232. The van der Waals surface area contributed by atoms with Crippen LogP contribution in [0.1, 0.15) is 23.3 Å². The summed E-state index contributed by atoms with van der Waals surface area (Å²) in [6.07, 6.45) is 4.60. The highest BCUT2D eigenvalue weighted by atomic mass is 16.5. The highest BCUT2D eigenvalue weighted by Crippen LogP contribution is 2.20. The minimum Gasteiger partial charge on any atom is -0.467 e. The fourth-order valence-corrected chi connectivity index (χ4v) is 3.15. The summed E-state index contributed by atoms with van der Waals surface area (Å²) in [7, 11) is 0. The number of nitrogens with zero attached hydrogens (tertiary/aromatic N) is 6. The fraction of sp³-hybridized carbons (Fsp3) is 0.333. The van der Waals surface area contributed by atoms with Gasteiger partial charge in [0.2, 0.25) is 5.88 Å². The molecule has 0 radical (unpaired) electrons. The summed E-state index contributed by atoms with van der Waals surface area (Å²) in [6, 6.07) is 8.62. The third-order valence-corrected chi connectivity index (χ3v) is 4.54. The van der Waals surface area contributed by atoms with Crippen molar-refractivity contribution in [3.05, 3.63) is 48.5 Å². The Balaban J connectivity index is 1.36. The molecule has 1 fully saturated rings. The van der Waals surface area contributed by atoms with E-state index in [-0.39, 0.29) is 24.2 Å². The second-order valence-electron chi connectivity index (χ2n) is 6.35. The van der Waals surface area contributed by atoms with E-state index < -0.39 is 0 Å². The third kappa shape index (κ3) is 3.76. The van der Waals surface area contributed by atoms with Gasteiger partial charge in [0, 0.05) is 31.3 Å². The predicted octanol–water partition coefficient (Wildman–Crippen LogP) is 1.02. The van der Waals surface area contributed by atoms with Gasteiger partial charge in [0.25, 0.3) is 5.91 Å². The Morgan fingerprint density at radius 2 is 2.15 bits per heavy atom. The van der Waals surface area contributed by atoms with Crippen molar-refractivity contribution in [3.8, 4) is 5.88 Å². The predicted molar refractivity (Wildman–Crippen MR) is 94.1 cm³/mol. The highest BCUT2D eigenvalue weighted by molar-refractivity contribution is 5.96. The Labute approximate surface area is 155 Å². The normalized spacial score (nSPS) is 17.0. The average molecular weight is 366 g/mol. The number of carbonyl (C=O) groups is 2. The van der Waals surface area contributed by atoms with Crippen LogP contribution >= 0.6 is 0 Å². The number of likely N-dealkylation sites (tertiary alicyclic amines) is 1. The van der Waals surface area contributed by atoms with E-state index in [9.17, 15) is 9.59 Å². The van der Waals surface area contributed by atoms with E-state index in [1.54, 1.807) is 41.4 Å². The molecular formula is C18H18N6O3. The van der Waals surface area contributed by atoms with E-state index in [0.29, 0.717) is 30.3 Å². The first-order valence-corrected chi connectivity index (χ1v) is 8.73. The zero-order valence-electron chi connectivity index (χ0n) is 14.6. The highest BCUT2D eigenvalue weighted by Gasteiger charge is 2.29. The van der Waals surface area contributed by atoms with Gasteiger partial charge < -0.3 is 9.64 Å². The van der Waals surface area contributed by atoms with E-state index in [1.807, 2.05) is 0 Å². The Bertz CT molecular complexity index is 958. The van der Waals surface area contributed by atoms with Crippen molar-refractivity contribution in [1.29, 1.82) is 0 Å². The van der Waals surface area contributed by atoms with Crippen LogP contribution < -0.4 is 4.74 Å². The van der Waals surface area contributed by atoms with Crippen molar-refractivity contribution in [1.82, 2.24) is 29.7 Å². The molecule has 1 atom stereocenters. The lowest BCUT2D eigenvalue weighted by Gasteiger charge is -2.31. The van der Waals surface area contributed by atoms with E-state index in [1.165, 1.54) is 10.8 Å². The first kappa shape index (κ1) is 17.1. The Hall–Kier alpha value is -3.36. The van der Waals surface area contributed by atoms with E-state index in [0.717, 1.165) is 12.8 Å². The van der Waals surface area contributed by atoms with Crippen LogP contribution in [0.5, 0.6) is 5.88 Å². The van der Waals surface area contributed by atoms with Crippen LogP contribution in [0.2, 0.25) is 0 Å². The molecule has 4 rings (SSSR count). The van der Waals surface area contributed by atoms with Gasteiger partial charge in [-0.05, 0) is 31.0 Å². The number of piperidine rings is 1. The molecule has 1 saturated heterocycles. The van der Waals surface area contributed by atoms with Crippen molar-refractivity contribution < 1.29 is 14.3 Å². The second kappa shape index (κ2) is 7.48. The molecule has 0 spiro atoms. The number of Topliss-reactive ketones (excluding diaryl/α,β-unsaturated/α-hetero) is 1. The monoisotopic (exact) mass is 366 g/mol. The van der Waals surface area contributed by atoms with Gasteiger partial charge in [-0.1, -0.05) is 6.07 Å². The molecule has 0 aromatic carbocycles. The molecule has 9 nitrogen and oxygen atoms in total. The summed E-state index contributed by atoms with van der Waals surface area (Å²) in [5.74, 6) is -0.106. The fourth-order valence-electron chi connectivity index (χ4n) is 3.15. The van der Waals surface area contributed by atoms with Crippen molar-refractivity contribution in [2.24, 2.45) is 5.92 Å². The lowest BCUT2D eigenvalue weighted by Crippen LogP contribution is -2.44. The second-order valence-corrected chi connectivity index (χ2v) is 6.35. The topological polar surface area (TPSA) is 103 Å². The van der Waals surface area contributed by atoms with Gasteiger partial charge in [-0.3, -0.25) is 14.6 Å². The molecule has 27 heavy (non-hydrogen) atoms. The number of ketones is 1. The molecule has 1 aliphatic heterocycles.